The van der Waals surface area contributed by atoms with Gasteiger partial charge in [0.15, 0.2) is 18.1 Å². The minimum atomic E-state index is -0.832. The average molecular weight is 353 g/mol. The maximum Gasteiger partial charge on any atom is 0.519 e. The molecule has 4 unspecified atom stereocenters. The second kappa shape index (κ2) is 7.03. The molecule has 3 heterocycles. The Labute approximate surface area is 145 Å². The number of hydrogen-bond donors (Lipinski definition) is 0. The molecule has 138 valence electrons. The van der Waals surface area contributed by atoms with Gasteiger partial charge >= 0.3 is 11.8 Å². The number of aryl methyl sites for hydroxylation is 1. The molecule has 0 spiro atoms. The Bertz CT molecular complexity index is 702. The molecule has 0 radical (unpaired) electrons. The van der Waals surface area contributed by atoms with Crippen molar-refractivity contribution < 1.29 is 27.9 Å². The van der Waals surface area contributed by atoms with Gasteiger partial charge in [0.25, 0.3) is 0 Å². The van der Waals surface area contributed by atoms with Gasteiger partial charge in [-0.3, -0.25) is 9.59 Å². The van der Waals surface area contributed by atoms with E-state index in [9.17, 15) is 14.4 Å². The largest absolute Gasteiger partial charge is 0.519 e. The molecule has 2 fully saturated rings. The Morgan fingerprint density at radius 1 is 1.12 bits per heavy atom. The second-order valence-corrected chi connectivity index (χ2v) is 6.39. The van der Waals surface area contributed by atoms with E-state index in [0.717, 1.165) is 12.8 Å². The predicted octanol–water partition coefficient (Wildman–Crippen LogP) is 1.25. The fourth-order valence-corrected chi connectivity index (χ4v) is 3.78. The topological polar surface area (TPSA) is 99.2 Å². The van der Waals surface area contributed by atoms with Gasteiger partial charge in [-0.2, -0.15) is 0 Å². The molecule has 4 atom stereocenters. The van der Waals surface area contributed by atoms with Crippen molar-refractivity contribution in [3.8, 4) is 0 Å². The van der Waals surface area contributed by atoms with Gasteiger partial charge in [-0.25, -0.2) is 4.79 Å². The summed E-state index contributed by atoms with van der Waals surface area (Å²) < 4.78 is 20.7. The molecule has 1 aromatic rings. The van der Waals surface area contributed by atoms with Crippen LogP contribution in [0, 0.1) is 18.8 Å². The lowest BCUT2D eigenvalue weighted by atomic mass is 9.78. The molecular weight excluding hydrogens is 330 g/mol. The van der Waals surface area contributed by atoms with Crippen LogP contribution in [-0.2, 0) is 25.7 Å². The van der Waals surface area contributed by atoms with Crippen molar-refractivity contribution in [1.82, 2.24) is 4.90 Å². The van der Waals surface area contributed by atoms with Crippen LogP contribution in [0.15, 0.2) is 13.6 Å². The number of nitrogens with zero attached hydrogens (tertiary/aromatic N) is 1. The first-order valence-corrected chi connectivity index (χ1v) is 8.66. The van der Waals surface area contributed by atoms with Crippen molar-refractivity contribution in [2.75, 3.05) is 13.1 Å². The molecule has 8 heteroatoms. The zero-order valence-electron chi connectivity index (χ0n) is 14.6. The van der Waals surface area contributed by atoms with Gasteiger partial charge in [-0.1, -0.05) is 0 Å². The van der Waals surface area contributed by atoms with Crippen LogP contribution in [0.3, 0.4) is 0 Å². The molecule has 2 saturated heterocycles. The summed E-state index contributed by atoms with van der Waals surface area (Å²) >= 11 is 0. The Balaban J connectivity index is 1.72. The monoisotopic (exact) mass is 353 g/mol. The first kappa shape index (κ1) is 17.7. The van der Waals surface area contributed by atoms with E-state index in [-0.39, 0.29) is 36.2 Å². The number of esters is 1. The molecule has 0 aromatic carbocycles. The van der Waals surface area contributed by atoms with Crippen LogP contribution in [0.2, 0.25) is 0 Å². The zero-order valence-corrected chi connectivity index (χ0v) is 14.6. The van der Waals surface area contributed by atoms with Gasteiger partial charge in [-0.15, -0.1) is 0 Å². The number of rotatable bonds is 6. The highest BCUT2D eigenvalue weighted by Crippen LogP contribution is 2.45. The summed E-state index contributed by atoms with van der Waals surface area (Å²) in [6.45, 7) is 6.35. The predicted molar refractivity (Wildman–Crippen MR) is 84.6 cm³/mol. The highest BCUT2D eigenvalue weighted by Gasteiger charge is 2.56. The molecule has 2 aliphatic heterocycles. The molecule has 3 rings (SSSR count). The molecular formula is C17H23NO7. The molecule has 2 bridgehead atoms. The summed E-state index contributed by atoms with van der Waals surface area (Å²) in [4.78, 5) is 38.2. The number of hydrogen-bond acceptors (Lipinski definition) is 7. The minimum Gasteiger partial charge on any atom is -0.457 e. The molecule has 2 aliphatic rings. The van der Waals surface area contributed by atoms with Gasteiger partial charge in [0, 0.05) is 13.1 Å². The normalized spacial score (nSPS) is 27.5. The summed E-state index contributed by atoms with van der Waals surface area (Å²) in [7, 11) is 0. The van der Waals surface area contributed by atoms with E-state index >= 15 is 0 Å². The maximum atomic E-state index is 12.8. The van der Waals surface area contributed by atoms with Crippen molar-refractivity contribution in [2.45, 2.75) is 52.4 Å². The van der Waals surface area contributed by atoms with Crippen LogP contribution in [0.1, 0.15) is 38.2 Å². The standard InChI is InChI=1S/C17H23NO7/c1-4-18(5-2)15(19)13-10-6-7-11(24-10)14(13)16(20)22-8-12-9(3)23-17(21)25-12/h10-11,13-14H,4-8H2,1-3H3. The Morgan fingerprint density at radius 3 is 2.32 bits per heavy atom. The van der Waals surface area contributed by atoms with Crippen LogP contribution >= 0.6 is 0 Å². The van der Waals surface area contributed by atoms with Gasteiger partial charge in [0.05, 0.1) is 24.0 Å². The third kappa shape index (κ3) is 3.22. The number of amides is 1. The number of fused-ring (bicyclic) bond motifs is 2. The first-order valence-electron chi connectivity index (χ1n) is 8.66. The van der Waals surface area contributed by atoms with E-state index < -0.39 is 23.6 Å². The highest BCUT2D eigenvalue weighted by molar-refractivity contribution is 5.87. The van der Waals surface area contributed by atoms with Crippen LogP contribution in [0.25, 0.3) is 0 Å². The molecule has 1 amide bonds. The highest BCUT2D eigenvalue weighted by atomic mass is 16.6. The second-order valence-electron chi connectivity index (χ2n) is 6.39. The summed E-state index contributed by atoms with van der Waals surface area (Å²) in [5.41, 5.74) is 0. The molecule has 0 N–H and O–H groups in total. The van der Waals surface area contributed by atoms with Crippen molar-refractivity contribution in [3.05, 3.63) is 22.1 Å². The fourth-order valence-electron chi connectivity index (χ4n) is 3.78. The summed E-state index contributed by atoms with van der Waals surface area (Å²) in [5, 5.41) is 0. The molecule has 8 nitrogen and oxygen atoms in total. The quantitative estimate of drug-likeness (QED) is 0.710. The van der Waals surface area contributed by atoms with Crippen LogP contribution < -0.4 is 5.82 Å². The van der Waals surface area contributed by atoms with Gasteiger partial charge in [0.1, 0.15) is 0 Å². The van der Waals surface area contributed by atoms with Crippen molar-refractivity contribution in [1.29, 1.82) is 0 Å². The SMILES string of the molecule is CCN(CC)C(=O)C1C2CCC(O2)C1C(=O)OCc1oc(=O)oc1C. The summed E-state index contributed by atoms with van der Waals surface area (Å²) in [5.74, 6) is -2.08. The molecule has 0 saturated carbocycles. The third-order valence-electron chi connectivity index (χ3n) is 5.09. The van der Waals surface area contributed by atoms with E-state index in [1.807, 2.05) is 13.8 Å². The maximum absolute atomic E-state index is 12.8. The van der Waals surface area contributed by atoms with E-state index in [0.29, 0.717) is 13.1 Å². The Hall–Kier alpha value is -2.09. The molecule has 1 aromatic heterocycles. The smallest absolute Gasteiger partial charge is 0.457 e. The van der Waals surface area contributed by atoms with Crippen molar-refractivity contribution in [2.24, 2.45) is 11.8 Å². The van der Waals surface area contributed by atoms with E-state index in [1.165, 1.54) is 0 Å². The van der Waals surface area contributed by atoms with Gasteiger partial charge < -0.3 is 23.2 Å². The molecule has 0 aliphatic carbocycles. The molecule has 25 heavy (non-hydrogen) atoms. The lowest BCUT2D eigenvalue weighted by Crippen LogP contribution is -2.46. The minimum absolute atomic E-state index is 0.0647. The van der Waals surface area contributed by atoms with Crippen molar-refractivity contribution in [3.63, 3.8) is 0 Å². The lowest BCUT2D eigenvalue weighted by molar-refractivity contribution is -0.157. The van der Waals surface area contributed by atoms with Crippen molar-refractivity contribution >= 4 is 11.9 Å². The van der Waals surface area contributed by atoms with E-state index in [4.69, 9.17) is 18.3 Å². The zero-order chi connectivity index (χ0) is 18.1. The van der Waals surface area contributed by atoms with Crippen LogP contribution in [-0.4, -0.2) is 42.1 Å². The van der Waals surface area contributed by atoms with Crippen LogP contribution in [0.5, 0.6) is 0 Å². The third-order valence-corrected chi connectivity index (χ3v) is 5.09. The van der Waals surface area contributed by atoms with Gasteiger partial charge in [0.2, 0.25) is 5.91 Å². The number of ether oxygens (including phenoxy) is 2. The fraction of sp³-hybridized carbons (Fsp3) is 0.706. The number of carbonyl (C=O) groups is 2. The van der Waals surface area contributed by atoms with Crippen LogP contribution in [0.4, 0.5) is 0 Å². The summed E-state index contributed by atoms with van der Waals surface area (Å²) in [6.07, 6.45) is 0.998. The van der Waals surface area contributed by atoms with E-state index in [1.54, 1.807) is 11.8 Å². The first-order chi connectivity index (χ1) is 12.0. The Morgan fingerprint density at radius 2 is 1.76 bits per heavy atom. The summed E-state index contributed by atoms with van der Waals surface area (Å²) in [6, 6.07) is 0. The van der Waals surface area contributed by atoms with Gasteiger partial charge in [-0.05, 0) is 33.6 Å². The lowest BCUT2D eigenvalue weighted by Gasteiger charge is -2.30. The van der Waals surface area contributed by atoms with E-state index in [2.05, 4.69) is 0 Å². The average Bonchev–Trinajstić information content (AvgIpc) is 3.27. The Kier molecular flexibility index (Phi) is 4.99. The number of carbonyl (C=O) groups excluding carboxylic acids is 2.